The SMILES string of the molecule is COc1c(OC(F)(F)F)cnc(C(F)F)c1CCl. The van der Waals surface area contributed by atoms with Crippen LogP contribution in [0.1, 0.15) is 17.7 Å². The van der Waals surface area contributed by atoms with Gasteiger partial charge in [0, 0.05) is 5.56 Å². The molecule has 0 aliphatic carbocycles. The fourth-order valence-electron chi connectivity index (χ4n) is 1.27. The summed E-state index contributed by atoms with van der Waals surface area (Å²) in [6.45, 7) is 0. The van der Waals surface area contributed by atoms with Gasteiger partial charge in [-0.05, 0) is 0 Å². The smallest absolute Gasteiger partial charge is 0.492 e. The zero-order chi connectivity index (χ0) is 13.9. The van der Waals surface area contributed by atoms with E-state index in [0.717, 1.165) is 7.11 Å². The Morgan fingerprint density at radius 2 is 2.00 bits per heavy atom. The molecule has 1 aromatic heterocycles. The van der Waals surface area contributed by atoms with Gasteiger partial charge in [0.2, 0.25) is 0 Å². The number of alkyl halides is 6. The van der Waals surface area contributed by atoms with Crippen molar-refractivity contribution in [1.82, 2.24) is 4.98 Å². The molecular formula is C9H7ClF5NO2. The Morgan fingerprint density at radius 1 is 1.39 bits per heavy atom. The Kier molecular flexibility index (Phi) is 4.55. The number of aromatic nitrogens is 1. The van der Waals surface area contributed by atoms with E-state index < -0.39 is 35.9 Å². The summed E-state index contributed by atoms with van der Waals surface area (Å²) in [4.78, 5) is 3.20. The lowest BCUT2D eigenvalue weighted by Crippen LogP contribution is -2.18. The third-order valence-electron chi connectivity index (χ3n) is 1.90. The number of pyridine rings is 1. The van der Waals surface area contributed by atoms with Crippen LogP contribution >= 0.6 is 11.6 Å². The van der Waals surface area contributed by atoms with Gasteiger partial charge in [0.1, 0.15) is 5.69 Å². The highest BCUT2D eigenvalue weighted by molar-refractivity contribution is 6.17. The van der Waals surface area contributed by atoms with E-state index in [1.54, 1.807) is 0 Å². The van der Waals surface area contributed by atoms with E-state index in [1.807, 2.05) is 0 Å². The molecule has 0 bridgehead atoms. The number of ether oxygens (including phenoxy) is 2. The molecule has 0 atom stereocenters. The molecule has 0 spiro atoms. The van der Waals surface area contributed by atoms with E-state index in [-0.39, 0.29) is 5.56 Å². The highest BCUT2D eigenvalue weighted by atomic mass is 35.5. The van der Waals surface area contributed by atoms with Crippen LogP contribution in [0.3, 0.4) is 0 Å². The molecular weight excluding hydrogens is 285 g/mol. The number of nitrogens with zero attached hydrogens (tertiary/aromatic N) is 1. The van der Waals surface area contributed by atoms with Gasteiger partial charge in [-0.2, -0.15) is 0 Å². The summed E-state index contributed by atoms with van der Waals surface area (Å²) in [6.07, 6.45) is -7.44. The molecule has 0 unspecified atom stereocenters. The first kappa shape index (κ1) is 14.7. The van der Waals surface area contributed by atoms with Gasteiger partial charge < -0.3 is 9.47 Å². The molecule has 1 heterocycles. The molecule has 1 aromatic rings. The van der Waals surface area contributed by atoms with Gasteiger partial charge in [-0.15, -0.1) is 24.8 Å². The maximum Gasteiger partial charge on any atom is 0.573 e. The maximum atomic E-state index is 12.6. The lowest BCUT2D eigenvalue weighted by molar-refractivity contribution is -0.275. The second-order valence-electron chi connectivity index (χ2n) is 3.00. The van der Waals surface area contributed by atoms with Crippen LogP contribution in [0.2, 0.25) is 0 Å². The fraction of sp³-hybridized carbons (Fsp3) is 0.444. The van der Waals surface area contributed by atoms with Crippen molar-refractivity contribution in [2.24, 2.45) is 0 Å². The highest BCUT2D eigenvalue weighted by Crippen LogP contribution is 2.38. The van der Waals surface area contributed by atoms with Gasteiger partial charge in [0.25, 0.3) is 6.43 Å². The Balaban J connectivity index is 3.30. The van der Waals surface area contributed by atoms with Gasteiger partial charge in [-0.1, -0.05) is 0 Å². The first-order chi connectivity index (χ1) is 8.30. The van der Waals surface area contributed by atoms with E-state index in [1.165, 1.54) is 0 Å². The van der Waals surface area contributed by atoms with Crippen molar-refractivity contribution >= 4 is 11.6 Å². The molecule has 0 N–H and O–H groups in total. The minimum absolute atomic E-state index is 0.337. The zero-order valence-corrected chi connectivity index (χ0v) is 9.65. The van der Waals surface area contributed by atoms with Crippen molar-refractivity contribution in [3.05, 3.63) is 17.5 Å². The standard InChI is InChI=1S/C9H7ClF5NO2/c1-17-7-4(2-10)6(8(11)12)16-3-5(7)18-9(13,14)15/h3,8H,2H2,1H3. The summed E-state index contributed by atoms with van der Waals surface area (Å²) in [5.74, 6) is -1.80. The van der Waals surface area contributed by atoms with Crippen molar-refractivity contribution in [1.29, 1.82) is 0 Å². The van der Waals surface area contributed by atoms with Crippen LogP contribution in [-0.4, -0.2) is 18.5 Å². The van der Waals surface area contributed by atoms with Crippen LogP contribution in [0.15, 0.2) is 6.20 Å². The monoisotopic (exact) mass is 291 g/mol. The zero-order valence-electron chi connectivity index (χ0n) is 8.89. The van der Waals surface area contributed by atoms with Crippen molar-refractivity contribution < 1.29 is 31.4 Å². The van der Waals surface area contributed by atoms with Crippen LogP contribution < -0.4 is 9.47 Å². The van der Waals surface area contributed by atoms with Crippen molar-refractivity contribution in [2.75, 3.05) is 7.11 Å². The number of methoxy groups -OCH3 is 1. The summed E-state index contributed by atoms with van der Waals surface area (Å²) in [5, 5.41) is 0. The van der Waals surface area contributed by atoms with Crippen molar-refractivity contribution in [3.63, 3.8) is 0 Å². The lowest BCUT2D eigenvalue weighted by Gasteiger charge is -2.16. The molecule has 0 aliphatic rings. The van der Waals surface area contributed by atoms with Crippen LogP contribution in [0.5, 0.6) is 11.5 Å². The summed E-state index contributed by atoms with van der Waals surface area (Å²) in [6, 6.07) is 0. The summed E-state index contributed by atoms with van der Waals surface area (Å²) < 4.78 is 69.5. The van der Waals surface area contributed by atoms with Gasteiger partial charge in [0.15, 0.2) is 11.5 Å². The maximum absolute atomic E-state index is 12.6. The summed E-state index contributed by atoms with van der Waals surface area (Å²) in [5.41, 5.74) is -1.08. The average Bonchev–Trinajstić information content (AvgIpc) is 2.25. The predicted molar refractivity (Wildman–Crippen MR) is 52.0 cm³/mol. The fourth-order valence-corrected chi connectivity index (χ4v) is 1.53. The normalized spacial score (nSPS) is 11.8. The highest BCUT2D eigenvalue weighted by Gasteiger charge is 2.34. The largest absolute Gasteiger partial charge is 0.573 e. The summed E-state index contributed by atoms with van der Waals surface area (Å²) in [7, 11) is 1.02. The second kappa shape index (κ2) is 5.55. The molecule has 0 fully saturated rings. The van der Waals surface area contributed by atoms with Gasteiger partial charge in [-0.3, -0.25) is 4.98 Å². The topological polar surface area (TPSA) is 31.4 Å². The van der Waals surface area contributed by atoms with E-state index >= 15 is 0 Å². The molecule has 18 heavy (non-hydrogen) atoms. The number of hydrogen-bond donors (Lipinski definition) is 0. The first-order valence-electron chi connectivity index (χ1n) is 4.45. The van der Waals surface area contributed by atoms with Crippen LogP contribution in [0, 0.1) is 0 Å². The molecule has 1 rings (SSSR count). The average molecular weight is 292 g/mol. The molecule has 0 aromatic carbocycles. The Hall–Kier alpha value is -1.31. The molecule has 9 heteroatoms. The molecule has 0 saturated heterocycles. The molecule has 0 amide bonds. The molecule has 0 radical (unpaired) electrons. The van der Waals surface area contributed by atoms with E-state index in [2.05, 4.69) is 14.5 Å². The first-order valence-corrected chi connectivity index (χ1v) is 4.99. The molecule has 3 nitrogen and oxygen atoms in total. The predicted octanol–water partition coefficient (Wildman–Crippen LogP) is 3.67. The van der Waals surface area contributed by atoms with Gasteiger partial charge in [0.05, 0.1) is 19.2 Å². The Bertz CT molecular complexity index is 424. The van der Waals surface area contributed by atoms with Crippen LogP contribution in [0.25, 0.3) is 0 Å². The molecule has 102 valence electrons. The lowest BCUT2D eigenvalue weighted by atomic mass is 10.2. The van der Waals surface area contributed by atoms with E-state index in [9.17, 15) is 22.0 Å². The number of rotatable bonds is 4. The van der Waals surface area contributed by atoms with Gasteiger partial charge >= 0.3 is 6.36 Å². The van der Waals surface area contributed by atoms with E-state index in [4.69, 9.17) is 11.6 Å². The third-order valence-corrected chi connectivity index (χ3v) is 2.17. The quantitative estimate of drug-likeness (QED) is 0.626. The minimum atomic E-state index is -4.98. The number of halogens is 6. The summed E-state index contributed by atoms with van der Waals surface area (Å²) >= 11 is 5.41. The Morgan fingerprint density at radius 3 is 2.39 bits per heavy atom. The molecule has 0 aliphatic heterocycles. The third kappa shape index (κ3) is 3.34. The minimum Gasteiger partial charge on any atom is -0.492 e. The van der Waals surface area contributed by atoms with E-state index in [0.29, 0.717) is 6.20 Å². The Labute approximate surface area is 103 Å². The van der Waals surface area contributed by atoms with Crippen molar-refractivity contribution in [3.8, 4) is 11.5 Å². The second-order valence-corrected chi connectivity index (χ2v) is 3.27. The van der Waals surface area contributed by atoms with Crippen LogP contribution in [0.4, 0.5) is 22.0 Å². The number of hydrogen-bond acceptors (Lipinski definition) is 3. The molecule has 0 saturated carbocycles. The van der Waals surface area contributed by atoms with Crippen molar-refractivity contribution in [2.45, 2.75) is 18.7 Å². The van der Waals surface area contributed by atoms with Gasteiger partial charge in [-0.25, -0.2) is 8.78 Å². The van der Waals surface area contributed by atoms with Crippen LogP contribution in [-0.2, 0) is 5.88 Å².